The molecule has 1 aliphatic rings. The van der Waals surface area contributed by atoms with Crippen molar-refractivity contribution in [1.29, 1.82) is 0 Å². The van der Waals surface area contributed by atoms with Crippen LogP contribution in [0.15, 0.2) is 24.3 Å². The quantitative estimate of drug-likeness (QED) is 0.694. The molecule has 0 saturated heterocycles. The molecule has 1 N–H and O–H groups in total. The van der Waals surface area contributed by atoms with Gasteiger partial charge in [0.2, 0.25) is 0 Å². The summed E-state index contributed by atoms with van der Waals surface area (Å²) in [6.45, 7) is 3.30. The summed E-state index contributed by atoms with van der Waals surface area (Å²) in [5.74, 6) is 0. The van der Waals surface area contributed by atoms with Crippen LogP contribution in [0.1, 0.15) is 17.4 Å². The van der Waals surface area contributed by atoms with E-state index in [0.717, 1.165) is 6.54 Å². The molecule has 0 bridgehead atoms. The number of hydrogen-bond acceptors (Lipinski definition) is 2. The van der Waals surface area contributed by atoms with Gasteiger partial charge in [-0.1, -0.05) is 18.2 Å². The Morgan fingerprint density at radius 3 is 3.14 bits per heavy atom. The molecule has 3 rings (SSSR count). The van der Waals surface area contributed by atoms with E-state index in [1.54, 1.807) is 4.88 Å². The normalized spacial score (nSPS) is 21.1. The predicted octanol–water partition coefficient (Wildman–Crippen LogP) is 2.94. The zero-order valence-corrected chi connectivity index (χ0v) is 9.03. The Labute approximate surface area is 87.8 Å². The molecule has 0 saturated carbocycles. The Morgan fingerprint density at radius 2 is 2.21 bits per heavy atom. The van der Waals surface area contributed by atoms with Crippen LogP contribution in [0.5, 0.6) is 0 Å². The van der Waals surface area contributed by atoms with E-state index >= 15 is 0 Å². The summed E-state index contributed by atoms with van der Waals surface area (Å²) in [6, 6.07) is 9.36. The maximum atomic E-state index is 3.52. The van der Waals surface area contributed by atoms with Crippen LogP contribution in [-0.4, -0.2) is 6.04 Å². The molecule has 0 amide bonds. The van der Waals surface area contributed by atoms with E-state index in [0.29, 0.717) is 6.04 Å². The van der Waals surface area contributed by atoms with Crippen LogP contribution in [0.25, 0.3) is 10.1 Å². The third-order valence-electron chi connectivity index (χ3n) is 2.90. The van der Waals surface area contributed by atoms with E-state index in [9.17, 15) is 0 Å². The van der Waals surface area contributed by atoms with Gasteiger partial charge in [-0.15, -0.1) is 11.3 Å². The minimum Gasteiger partial charge on any atom is -0.310 e. The standard InChI is InChI=1S/C12H13NS/c1-8-6-12-10(7-13-8)9-4-2-3-5-11(9)14-12/h2-5,8,13H,6-7H2,1H3/t8-/m0/s1. The molecular weight excluding hydrogens is 190 g/mol. The third kappa shape index (κ3) is 1.18. The van der Waals surface area contributed by atoms with E-state index in [2.05, 4.69) is 36.5 Å². The molecule has 14 heavy (non-hydrogen) atoms. The van der Waals surface area contributed by atoms with Gasteiger partial charge in [0.25, 0.3) is 0 Å². The number of nitrogens with one attached hydrogen (secondary N) is 1. The van der Waals surface area contributed by atoms with Crippen LogP contribution < -0.4 is 5.32 Å². The number of benzene rings is 1. The van der Waals surface area contributed by atoms with Gasteiger partial charge in [-0.2, -0.15) is 0 Å². The molecule has 0 aliphatic carbocycles. The van der Waals surface area contributed by atoms with Gasteiger partial charge in [-0.25, -0.2) is 0 Å². The zero-order chi connectivity index (χ0) is 9.54. The van der Waals surface area contributed by atoms with Gasteiger partial charge in [0.05, 0.1) is 0 Å². The fraction of sp³-hybridized carbons (Fsp3) is 0.333. The second-order valence-electron chi connectivity index (χ2n) is 3.99. The molecule has 1 nitrogen and oxygen atoms in total. The first-order valence-electron chi connectivity index (χ1n) is 5.07. The van der Waals surface area contributed by atoms with E-state index in [4.69, 9.17) is 0 Å². The van der Waals surface area contributed by atoms with E-state index < -0.39 is 0 Å². The van der Waals surface area contributed by atoms with Crippen LogP contribution in [0.4, 0.5) is 0 Å². The molecule has 0 spiro atoms. The van der Waals surface area contributed by atoms with E-state index in [1.807, 2.05) is 11.3 Å². The summed E-state index contributed by atoms with van der Waals surface area (Å²) >= 11 is 1.96. The lowest BCUT2D eigenvalue weighted by molar-refractivity contribution is 0.522. The average molecular weight is 203 g/mol. The summed E-state index contributed by atoms with van der Waals surface area (Å²) in [5, 5.41) is 4.97. The minimum absolute atomic E-state index is 0.635. The van der Waals surface area contributed by atoms with Gasteiger partial charge < -0.3 is 5.32 Å². The van der Waals surface area contributed by atoms with Gasteiger partial charge in [0.15, 0.2) is 0 Å². The van der Waals surface area contributed by atoms with Crippen molar-refractivity contribution >= 4 is 21.4 Å². The van der Waals surface area contributed by atoms with Crippen LogP contribution in [0.3, 0.4) is 0 Å². The second kappa shape index (κ2) is 3.07. The van der Waals surface area contributed by atoms with E-state index in [1.165, 1.54) is 22.1 Å². The Hall–Kier alpha value is -0.860. The monoisotopic (exact) mass is 203 g/mol. The molecule has 0 fully saturated rings. The van der Waals surface area contributed by atoms with Crippen molar-refractivity contribution in [2.45, 2.75) is 25.9 Å². The summed E-state index contributed by atoms with van der Waals surface area (Å²) < 4.78 is 1.44. The second-order valence-corrected chi connectivity index (χ2v) is 5.12. The van der Waals surface area contributed by atoms with Gasteiger partial charge >= 0.3 is 0 Å². The molecule has 1 aromatic carbocycles. The lowest BCUT2D eigenvalue weighted by Crippen LogP contribution is -2.31. The van der Waals surface area contributed by atoms with Crippen molar-refractivity contribution in [1.82, 2.24) is 5.32 Å². The van der Waals surface area contributed by atoms with Gasteiger partial charge in [-0.3, -0.25) is 0 Å². The first-order valence-corrected chi connectivity index (χ1v) is 5.89. The maximum Gasteiger partial charge on any atom is 0.0349 e. The van der Waals surface area contributed by atoms with E-state index in [-0.39, 0.29) is 0 Å². The summed E-state index contributed by atoms with van der Waals surface area (Å²) in [4.78, 5) is 1.58. The van der Waals surface area contributed by atoms with Crippen molar-refractivity contribution < 1.29 is 0 Å². The highest BCUT2D eigenvalue weighted by Crippen LogP contribution is 2.33. The first kappa shape index (κ1) is 8.45. The lowest BCUT2D eigenvalue weighted by Gasteiger charge is -2.19. The van der Waals surface area contributed by atoms with Gasteiger partial charge in [0, 0.05) is 22.2 Å². The van der Waals surface area contributed by atoms with Crippen LogP contribution >= 0.6 is 11.3 Å². The van der Waals surface area contributed by atoms with Gasteiger partial charge in [0.1, 0.15) is 0 Å². The largest absolute Gasteiger partial charge is 0.310 e. The molecular formula is C12H13NS. The fourth-order valence-electron chi connectivity index (χ4n) is 2.13. The summed E-state index contributed by atoms with van der Waals surface area (Å²) in [5.41, 5.74) is 1.53. The average Bonchev–Trinajstić information content (AvgIpc) is 2.54. The number of rotatable bonds is 0. The van der Waals surface area contributed by atoms with Crippen molar-refractivity contribution in [3.05, 3.63) is 34.7 Å². The molecule has 2 aromatic rings. The van der Waals surface area contributed by atoms with Crippen molar-refractivity contribution in [2.75, 3.05) is 0 Å². The Kier molecular flexibility index (Phi) is 1.85. The highest BCUT2D eigenvalue weighted by atomic mass is 32.1. The van der Waals surface area contributed by atoms with Gasteiger partial charge in [-0.05, 0) is 30.4 Å². The lowest BCUT2D eigenvalue weighted by atomic mass is 10.0. The molecule has 1 aliphatic heterocycles. The fourth-order valence-corrected chi connectivity index (χ4v) is 3.49. The Bertz CT molecular complexity index is 472. The highest BCUT2D eigenvalue weighted by molar-refractivity contribution is 7.19. The molecule has 2 heteroatoms. The first-order chi connectivity index (χ1) is 6.84. The Morgan fingerprint density at radius 1 is 1.36 bits per heavy atom. The third-order valence-corrected chi connectivity index (χ3v) is 4.14. The van der Waals surface area contributed by atoms with Crippen LogP contribution in [-0.2, 0) is 13.0 Å². The maximum absolute atomic E-state index is 3.52. The molecule has 72 valence electrons. The molecule has 2 heterocycles. The van der Waals surface area contributed by atoms with Crippen LogP contribution in [0, 0.1) is 0 Å². The summed E-state index contributed by atoms with van der Waals surface area (Å²) in [7, 11) is 0. The number of fused-ring (bicyclic) bond motifs is 3. The molecule has 1 atom stereocenters. The van der Waals surface area contributed by atoms with Crippen molar-refractivity contribution in [2.24, 2.45) is 0 Å². The predicted molar refractivity (Wildman–Crippen MR) is 61.8 cm³/mol. The smallest absolute Gasteiger partial charge is 0.0349 e. The molecule has 0 unspecified atom stereocenters. The highest BCUT2D eigenvalue weighted by Gasteiger charge is 2.18. The van der Waals surface area contributed by atoms with Crippen molar-refractivity contribution in [3.8, 4) is 0 Å². The SMILES string of the molecule is C[C@H]1Cc2sc3ccccc3c2CN1. The molecule has 0 radical (unpaired) electrons. The number of thiophene rings is 1. The summed E-state index contributed by atoms with van der Waals surface area (Å²) in [6.07, 6.45) is 1.19. The molecule has 1 aromatic heterocycles. The zero-order valence-electron chi connectivity index (χ0n) is 8.21. The Balaban J connectivity index is 2.24. The number of hydrogen-bond donors (Lipinski definition) is 1. The minimum atomic E-state index is 0.635. The topological polar surface area (TPSA) is 12.0 Å². The van der Waals surface area contributed by atoms with Crippen molar-refractivity contribution in [3.63, 3.8) is 0 Å². The van der Waals surface area contributed by atoms with Crippen LogP contribution in [0.2, 0.25) is 0 Å².